The van der Waals surface area contributed by atoms with Crippen LogP contribution in [0.25, 0.3) is 0 Å². The van der Waals surface area contributed by atoms with Gasteiger partial charge in [-0.1, -0.05) is 48.0 Å². The molecule has 1 N–H and O–H groups in total. The topological polar surface area (TPSA) is 94.2 Å². The zero-order valence-corrected chi connectivity index (χ0v) is 22.1. The molecule has 8 nitrogen and oxygen atoms in total. The van der Waals surface area contributed by atoms with Gasteiger partial charge in [-0.3, -0.25) is 4.79 Å². The number of carbonyl (C=O) groups excluding carboxylic acids is 1. The summed E-state index contributed by atoms with van der Waals surface area (Å²) in [5.41, 5.74) is 1.52. The van der Waals surface area contributed by atoms with Gasteiger partial charge in [-0.25, -0.2) is 8.42 Å². The van der Waals surface area contributed by atoms with Gasteiger partial charge in [0.25, 0.3) is 0 Å². The normalized spacial score (nSPS) is 12.2. The molecule has 0 bridgehead atoms. The molecule has 0 fully saturated rings. The SMILES string of the molecule is COc1ccc(S(=O)(=O)N(CC(=O)N[C@@H](C)c2ccc(OC)c(OC)c2)Cc2ccccc2)cc1Cl. The highest BCUT2D eigenvalue weighted by molar-refractivity contribution is 7.89. The highest BCUT2D eigenvalue weighted by Gasteiger charge is 2.28. The van der Waals surface area contributed by atoms with E-state index in [1.165, 1.54) is 32.4 Å². The van der Waals surface area contributed by atoms with Crippen molar-refractivity contribution in [2.45, 2.75) is 24.4 Å². The number of hydrogen-bond acceptors (Lipinski definition) is 6. The second kappa shape index (κ2) is 12.1. The summed E-state index contributed by atoms with van der Waals surface area (Å²) in [4.78, 5) is 13.0. The molecule has 3 rings (SSSR count). The molecule has 1 amide bonds. The first-order valence-corrected chi connectivity index (χ1v) is 12.9. The molecule has 0 aliphatic carbocycles. The standard InChI is InChI=1S/C26H29ClN2O6S/c1-18(20-10-12-24(34-3)25(14-20)35-4)28-26(30)17-29(16-19-8-6-5-7-9-19)36(31,32)21-11-13-23(33-2)22(27)15-21/h5-15,18H,16-17H2,1-4H3,(H,28,30)/t18-/m0/s1. The minimum absolute atomic E-state index is 0.00494. The van der Waals surface area contributed by atoms with Gasteiger partial charge in [0.1, 0.15) is 5.75 Å². The van der Waals surface area contributed by atoms with Crippen molar-refractivity contribution in [3.8, 4) is 17.2 Å². The van der Waals surface area contributed by atoms with Crippen molar-refractivity contribution in [2.75, 3.05) is 27.9 Å². The summed E-state index contributed by atoms with van der Waals surface area (Å²) in [5.74, 6) is 0.988. The van der Waals surface area contributed by atoms with Crippen molar-refractivity contribution >= 4 is 27.5 Å². The minimum atomic E-state index is -4.07. The Morgan fingerprint density at radius 1 is 0.917 bits per heavy atom. The molecule has 36 heavy (non-hydrogen) atoms. The van der Waals surface area contributed by atoms with Gasteiger partial charge in [0.05, 0.1) is 43.8 Å². The maximum atomic E-state index is 13.5. The van der Waals surface area contributed by atoms with Gasteiger partial charge in [-0.05, 0) is 48.4 Å². The molecular weight excluding hydrogens is 504 g/mol. The molecule has 0 saturated carbocycles. The molecule has 0 aliphatic heterocycles. The zero-order valence-electron chi connectivity index (χ0n) is 20.5. The largest absolute Gasteiger partial charge is 0.495 e. The molecule has 192 valence electrons. The number of nitrogens with one attached hydrogen (secondary N) is 1. The van der Waals surface area contributed by atoms with Gasteiger partial charge in [0.15, 0.2) is 11.5 Å². The van der Waals surface area contributed by atoms with Crippen LogP contribution in [0.2, 0.25) is 5.02 Å². The van der Waals surface area contributed by atoms with Gasteiger partial charge in [0.2, 0.25) is 15.9 Å². The Morgan fingerprint density at radius 3 is 2.17 bits per heavy atom. The summed E-state index contributed by atoms with van der Waals surface area (Å²) in [6.07, 6.45) is 0. The number of nitrogens with zero attached hydrogens (tertiary/aromatic N) is 1. The Kier molecular flexibility index (Phi) is 9.19. The van der Waals surface area contributed by atoms with Crippen LogP contribution < -0.4 is 19.5 Å². The number of methoxy groups -OCH3 is 3. The monoisotopic (exact) mass is 532 g/mol. The number of sulfonamides is 1. The van der Waals surface area contributed by atoms with Crippen molar-refractivity contribution in [2.24, 2.45) is 0 Å². The first kappa shape index (κ1) is 27.3. The second-order valence-electron chi connectivity index (χ2n) is 7.96. The zero-order chi connectivity index (χ0) is 26.3. The van der Waals surface area contributed by atoms with E-state index in [1.807, 2.05) is 24.3 Å². The van der Waals surface area contributed by atoms with Crippen LogP contribution in [-0.2, 0) is 21.4 Å². The number of carbonyl (C=O) groups is 1. The average Bonchev–Trinajstić information content (AvgIpc) is 2.88. The molecule has 0 aliphatic rings. The first-order valence-electron chi connectivity index (χ1n) is 11.1. The van der Waals surface area contributed by atoms with Crippen molar-refractivity contribution in [1.29, 1.82) is 0 Å². The number of halogens is 1. The van der Waals surface area contributed by atoms with Crippen LogP contribution in [0.5, 0.6) is 17.2 Å². The minimum Gasteiger partial charge on any atom is -0.495 e. The van der Waals surface area contributed by atoms with E-state index in [0.29, 0.717) is 17.2 Å². The summed E-state index contributed by atoms with van der Waals surface area (Å²) < 4.78 is 43.9. The van der Waals surface area contributed by atoms with Gasteiger partial charge < -0.3 is 19.5 Å². The highest BCUT2D eigenvalue weighted by atomic mass is 35.5. The van der Waals surface area contributed by atoms with Crippen LogP contribution >= 0.6 is 11.6 Å². The Labute approximate surface area is 216 Å². The lowest BCUT2D eigenvalue weighted by atomic mass is 10.1. The van der Waals surface area contributed by atoms with Crippen LogP contribution in [0, 0.1) is 0 Å². The van der Waals surface area contributed by atoms with Crippen molar-refractivity contribution in [3.05, 3.63) is 82.9 Å². The number of hydrogen-bond donors (Lipinski definition) is 1. The summed E-state index contributed by atoms with van der Waals surface area (Å²) in [5, 5.41) is 3.02. The fourth-order valence-electron chi connectivity index (χ4n) is 3.62. The number of ether oxygens (including phenoxy) is 3. The lowest BCUT2D eigenvalue weighted by molar-refractivity contribution is -0.122. The molecular formula is C26H29ClN2O6S. The average molecular weight is 533 g/mol. The summed E-state index contributed by atoms with van der Waals surface area (Å²) in [6, 6.07) is 18.2. The van der Waals surface area contributed by atoms with Crippen LogP contribution in [0.15, 0.2) is 71.6 Å². The molecule has 0 radical (unpaired) electrons. The summed E-state index contributed by atoms with van der Waals surface area (Å²) in [7, 11) is 0.452. The van der Waals surface area contributed by atoms with E-state index >= 15 is 0 Å². The van der Waals surface area contributed by atoms with Gasteiger partial charge in [-0.2, -0.15) is 4.31 Å². The lowest BCUT2D eigenvalue weighted by Crippen LogP contribution is -2.41. The van der Waals surface area contributed by atoms with Crippen molar-refractivity contribution < 1.29 is 27.4 Å². The van der Waals surface area contributed by atoms with Crippen LogP contribution in [-0.4, -0.2) is 46.5 Å². The predicted molar refractivity (Wildman–Crippen MR) is 138 cm³/mol. The van der Waals surface area contributed by atoms with Crippen LogP contribution in [0.4, 0.5) is 0 Å². The van der Waals surface area contributed by atoms with E-state index in [9.17, 15) is 13.2 Å². The number of amides is 1. The van der Waals surface area contributed by atoms with Crippen molar-refractivity contribution in [1.82, 2.24) is 9.62 Å². The van der Waals surface area contributed by atoms with Crippen molar-refractivity contribution in [3.63, 3.8) is 0 Å². The molecule has 0 aromatic heterocycles. The number of benzene rings is 3. The molecule has 0 heterocycles. The molecule has 3 aromatic rings. The fourth-order valence-corrected chi connectivity index (χ4v) is 5.36. The van der Waals surface area contributed by atoms with Gasteiger partial charge >= 0.3 is 0 Å². The Morgan fingerprint density at radius 2 is 1.56 bits per heavy atom. The predicted octanol–water partition coefficient (Wildman–Crippen LogP) is 4.43. The lowest BCUT2D eigenvalue weighted by Gasteiger charge is -2.24. The number of rotatable bonds is 11. The third kappa shape index (κ3) is 6.48. The molecule has 0 saturated heterocycles. The Hall–Kier alpha value is -3.27. The molecule has 1 atom stereocenters. The third-order valence-electron chi connectivity index (χ3n) is 5.57. The molecule has 0 unspecified atom stereocenters. The second-order valence-corrected chi connectivity index (χ2v) is 10.3. The highest BCUT2D eigenvalue weighted by Crippen LogP contribution is 2.31. The van der Waals surface area contributed by atoms with Gasteiger partial charge in [0, 0.05) is 6.54 Å². The summed E-state index contributed by atoms with van der Waals surface area (Å²) >= 11 is 6.18. The Bertz CT molecular complexity index is 1300. The van der Waals surface area contributed by atoms with E-state index < -0.39 is 28.5 Å². The first-order chi connectivity index (χ1) is 17.2. The van der Waals surface area contributed by atoms with E-state index in [0.717, 1.165) is 15.4 Å². The van der Waals surface area contributed by atoms with Gasteiger partial charge in [-0.15, -0.1) is 0 Å². The van der Waals surface area contributed by atoms with Crippen LogP contribution in [0.3, 0.4) is 0 Å². The van der Waals surface area contributed by atoms with E-state index in [1.54, 1.807) is 38.3 Å². The molecule has 3 aromatic carbocycles. The maximum Gasteiger partial charge on any atom is 0.243 e. The smallest absolute Gasteiger partial charge is 0.243 e. The Balaban J connectivity index is 1.85. The van der Waals surface area contributed by atoms with E-state index in [2.05, 4.69) is 5.32 Å². The van der Waals surface area contributed by atoms with Crippen LogP contribution in [0.1, 0.15) is 24.1 Å². The van der Waals surface area contributed by atoms with E-state index in [-0.39, 0.29) is 16.5 Å². The fraction of sp³-hybridized carbons (Fsp3) is 0.269. The van der Waals surface area contributed by atoms with E-state index in [4.69, 9.17) is 25.8 Å². The quantitative estimate of drug-likeness (QED) is 0.392. The maximum absolute atomic E-state index is 13.5. The molecule has 10 heteroatoms. The summed E-state index contributed by atoms with van der Waals surface area (Å²) in [6.45, 7) is 1.42. The third-order valence-corrected chi connectivity index (χ3v) is 7.65. The molecule has 0 spiro atoms.